The van der Waals surface area contributed by atoms with Gasteiger partial charge in [0.2, 0.25) is 5.91 Å². The van der Waals surface area contributed by atoms with E-state index in [0.717, 1.165) is 26.2 Å². The molecule has 0 aromatic carbocycles. The smallest absolute Gasteiger partial charge is 0.240 e. The van der Waals surface area contributed by atoms with Gasteiger partial charge >= 0.3 is 0 Å². The number of piperazine rings is 1. The lowest BCUT2D eigenvalue weighted by Crippen LogP contribution is -2.54. The van der Waals surface area contributed by atoms with Gasteiger partial charge in [-0.15, -0.1) is 0 Å². The summed E-state index contributed by atoms with van der Waals surface area (Å²) in [5, 5.41) is 9.05. The predicted molar refractivity (Wildman–Crippen MR) is 67.2 cm³/mol. The van der Waals surface area contributed by atoms with Gasteiger partial charge in [0, 0.05) is 25.7 Å². The number of hydrogen-bond donors (Lipinski definition) is 0. The summed E-state index contributed by atoms with van der Waals surface area (Å²) in [6, 6.07) is 2.53. The SMILES string of the molecule is CCN1CCN(C(=O)C(C#N)C(C)C)CC1C. The Morgan fingerprint density at radius 1 is 1.47 bits per heavy atom. The molecule has 1 fully saturated rings. The normalized spacial score (nSPS) is 23.5. The fourth-order valence-electron chi connectivity index (χ4n) is 2.35. The van der Waals surface area contributed by atoms with E-state index in [1.165, 1.54) is 0 Å². The molecule has 0 aromatic heterocycles. The molecular weight excluding hydrogens is 214 g/mol. The van der Waals surface area contributed by atoms with Crippen LogP contribution in [0.25, 0.3) is 0 Å². The average molecular weight is 237 g/mol. The molecule has 0 saturated carbocycles. The second-order valence-electron chi connectivity index (χ2n) is 5.11. The molecule has 1 aliphatic heterocycles. The van der Waals surface area contributed by atoms with Gasteiger partial charge in [-0.05, 0) is 19.4 Å². The van der Waals surface area contributed by atoms with Crippen molar-refractivity contribution in [1.29, 1.82) is 5.26 Å². The molecule has 96 valence electrons. The Labute approximate surface area is 104 Å². The van der Waals surface area contributed by atoms with Gasteiger partial charge in [0.05, 0.1) is 6.07 Å². The van der Waals surface area contributed by atoms with Gasteiger partial charge in [-0.3, -0.25) is 9.69 Å². The highest BCUT2D eigenvalue weighted by atomic mass is 16.2. The fourth-order valence-corrected chi connectivity index (χ4v) is 2.35. The van der Waals surface area contributed by atoms with Crippen LogP contribution in [0.2, 0.25) is 0 Å². The minimum atomic E-state index is -0.490. The van der Waals surface area contributed by atoms with Crippen LogP contribution in [-0.2, 0) is 4.79 Å². The Balaban J connectivity index is 2.64. The van der Waals surface area contributed by atoms with Crippen molar-refractivity contribution in [2.45, 2.75) is 33.7 Å². The lowest BCUT2D eigenvalue weighted by atomic mass is 9.95. The molecule has 0 aromatic rings. The fraction of sp³-hybridized carbons (Fsp3) is 0.846. The predicted octanol–water partition coefficient (Wildman–Crippen LogP) is 1.33. The van der Waals surface area contributed by atoms with E-state index in [2.05, 4.69) is 24.8 Å². The zero-order valence-electron chi connectivity index (χ0n) is 11.3. The zero-order chi connectivity index (χ0) is 13.0. The van der Waals surface area contributed by atoms with E-state index in [1.807, 2.05) is 18.7 Å². The third kappa shape index (κ3) is 3.19. The summed E-state index contributed by atoms with van der Waals surface area (Å²) in [6.07, 6.45) is 0. The molecule has 0 aliphatic carbocycles. The van der Waals surface area contributed by atoms with E-state index in [1.54, 1.807) is 0 Å². The van der Waals surface area contributed by atoms with Crippen molar-refractivity contribution < 1.29 is 4.79 Å². The quantitative estimate of drug-likeness (QED) is 0.744. The van der Waals surface area contributed by atoms with Crippen molar-refractivity contribution in [2.75, 3.05) is 26.2 Å². The number of nitriles is 1. The number of carbonyl (C=O) groups is 1. The molecule has 2 unspecified atom stereocenters. The lowest BCUT2D eigenvalue weighted by molar-refractivity contribution is -0.137. The van der Waals surface area contributed by atoms with E-state index < -0.39 is 5.92 Å². The molecule has 0 spiro atoms. The second-order valence-corrected chi connectivity index (χ2v) is 5.11. The third-order valence-electron chi connectivity index (χ3n) is 3.55. The Morgan fingerprint density at radius 3 is 2.53 bits per heavy atom. The number of likely N-dealkylation sites (N-methyl/N-ethyl adjacent to an activating group) is 1. The molecule has 17 heavy (non-hydrogen) atoms. The van der Waals surface area contributed by atoms with Crippen molar-refractivity contribution in [3.05, 3.63) is 0 Å². The minimum absolute atomic E-state index is 0.00473. The summed E-state index contributed by atoms with van der Waals surface area (Å²) in [6.45, 7) is 11.6. The summed E-state index contributed by atoms with van der Waals surface area (Å²) < 4.78 is 0. The van der Waals surface area contributed by atoms with E-state index in [0.29, 0.717) is 6.04 Å². The topological polar surface area (TPSA) is 47.3 Å². The van der Waals surface area contributed by atoms with Gasteiger partial charge in [-0.1, -0.05) is 20.8 Å². The van der Waals surface area contributed by atoms with Gasteiger partial charge in [0.15, 0.2) is 0 Å². The van der Waals surface area contributed by atoms with Crippen LogP contribution in [0, 0.1) is 23.2 Å². The van der Waals surface area contributed by atoms with E-state index >= 15 is 0 Å². The number of hydrogen-bond acceptors (Lipinski definition) is 3. The molecule has 1 rings (SSSR count). The maximum absolute atomic E-state index is 12.2. The third-order valence-corrected chi connectivity index (χ3v) is 3.55. The summed E-state index contributed by atoms with van der Waals surface area (Å²) in [7, 11) is 0. The molecule has 1 amide bonds. The zero-order valence-corrected chi connectivity index (χ0v) is 11.3. The largest absolute Gasteiger partial charge is 0.339 e. The maximum atomic E-state index is 12.2. The van der Waals surface area contributed by atoms with Crippen LogP contribution in [0.15, 0.2) is 0 Å². The number of rotatable bonds is 3. The molecule has 0 bridgehead atoms. The standard InChI is InChI=1S/C13H23N3O/c1-5-15-6-7-16(9-11(15)4)13(17)12(8-14)10(2)3/h10-12H,5-7,9H2,1-4H3. The van der Waals surface area contributed by atoms with Crippen LogP contribution < -0.4 is 0 Å². The molecule has 1 saturated heterocycles. The Kier molecular flexibility index (Phi) is 4.95. The molecule has 4 heteroatoms. The summed E-state index contributed by atoms with van der Waals surface area (Å²) in [5.74, 6) is -0.396. The molecule has 1 aliphatic rings. The van der Waals surface area contributed by atoms with E-state index in [4.69, 9.17) is 5.26 Å². The number of carbonyl (C=O) groups excluding carboxylic acids is 1. The Hall–Kier alpha value is -1.08. The van der Waals surface area contributed by atoms with Gasteiger partial charge in [0.25, 0.3) is 0 Å². The van der Waals surface area contributed by atoms with Crippen LogP contribution in [0.1, 0.15) is 27.7 Å². The van der Waals surface area contributed by atoms with Crippen LogP contribution >= 0.6 is 0 Å². The van der Waals surface area contributed by atoms with Gasteiger partial charge < -0.3 is 4.90 Å². The van der Waals surface area contributed by atoms with Crippen LogP contribution in [0.3, 0.4) is 0 Å². The highest BCUT2D eigenvalue weighted by Crippen LogP contribution is 2.17. The molecule has 2 atom stereocenters. The van der Waals surface area contributed by atoms with Crippen molar-refractivity contribution in [3.63, 3.8) is 0 Å². The first kappa shape index (κ1) is 14.0. The van der Waals surface area contributed by atoms with Crippen molar-refractivity contribution in [1.82, 2.24) is 9.80 Å². The van der Waals surface area contributed by atoms with Gasteiger partial charge in [-0.2, -0.15) is 5.26 Å². The minimum Gasteiger partial charge on any atom is -0.339 e. The van der Waals surface area contributed by atoms with Crippen molar-refractivity contribution in [3.8, 4) is 6.07 Å². The lowest BCUT2D eigenvalue weighted by Gasteiger charge is -2.40. The highest BCUT2D eigenvalue weighted by Gasteiger charge is 2.31. The van der Waals surface area contributed by atoms with E-state index in [9.17, 15) is 4.79 Å². The number of nitrogens with zero attached hydrogens (tertiary/aromatic N) is 3. The summed E-state index contributed by atoms with van der Waals surface area (Å²) in [5.41, 5.74) is 0. The van der Waals surface area contributed by atoms with Crippen molar-refractivity contribution in [2.24, 2.45) is 11.8 Å². The Bertz CT molecular complexity index is 308. The molecule has 0 N–H and O–H groups in total. The number of amides is 1. The average Bonchev–Trinajstić information content (AvgIpc) is 2.29. The Morgan fingerprint density at radius 2 is 2.12 bits per heavy atom. The van der Waals surface area contributed by atoms with Crippen LogP contribution in [-0.4, -0.2) is 47.9 Å². The maximum Gasteiger partial charge on any atom is 0.240 e. The van der Waals surface area contributed by atoms with Crippen LogP contribution in [0.5, 0.6) is 0 Å². The van der Waals surface area contributed by atoms with E-state index in [-0.39, 0.29) is 11.8 Å². The molecule has 4 nitrogen and oxygen atoms in total. The highest BCUT2D eigenvalue weighted by molar-refractivity contribution is 5.81. The van der Waals surface area contributed by atoms with Crippen molar-refractivity contribution >= 4 is 5.91 Å². The first-order chi connectivity index (χ1) is 8.01. The monoisotopic (exact) mass is 237 g/mol. The molecule has 1 heterocycles. The summed E-state index contributed by atoms with van der Waals surface area (Å²) >= 11 is 0. The molecule has 0 radical (unpaired) electrons. The van der Waals surface area contributed by atoms with Gasteiger partial charge in [0.1, 0.15) is 5.92 Å². The first-order valence-corrected chi connectivity index (χ1v) is 6.43. The summed E-state index contributed by atoms with van der Waals surface area (Å²) in [4.78, 5) is 16.4. The molecular formula is C13H23N3O. The van der Waals surface area contributed by atoms with Gasteiger partial charge in [-0.25, -0.2) is 0 Å². The van der Waals surface area contributed by atoms with Crippen LogP contribution in [0.4, 0.5) is 0 Å². The second kappa shape index (κ2) is 6.02. The first-order valence-electron chi connectivity index (χ1n) is 6.43.